The minimum absolute atomic E-state index is 0.104. The standard InChI is InChI=1S/C13H11BrFN3O/c1-16-8-5-6-11(17-7-8)13(19)18-12-9(14)3-2-4-10(12)15/h2-7,16H,1H3,(H,18,19). The second-order valence-electron chi connectivity index (χ2n) is 3.73. The first-order chi connectivity index (χ1) is 9.11. The van der Waals surface area contributed by atoms with Crippen molar-refractivity contribution in [3.8, 4) is 0 Å². The van der Waals surface area contributed by atoms with E-state index in [1.54, 1.807) is 31.3 Å². The highest BCUT2D eigenvalue weighted by molar-refractivity contribution is 9.10. The third-order valence-corrected chi connectivity index (χ3v) is 3.15. The van der Waals surface area contributed by atoms with Gasteiger partial charge >= 0.3 is 0 Å². The molecule has 0 aliphatic rings. The van der Waals surface area contributed by atoms with Crippen molar-refractivity contribution < 1.29 is 9.18 Å². The van der Waals surface area contributed by atoms with E-state index in [9.17, 15) is 9.18 Å². The lowest BCUT2D eigenvalue weighted by atomic mass is 10.2. The molecular weight excluding hydrogens is 313 g/mol. The van der Waals surface area contributed by atoms with E-state index >= 15 is 0 Å². The SMILES string of the molecule is CNc1ccc(C(=O)Nc2c(F)cccc2Br)nc1. The van der Waals surface area contributed by atoms with Crippen molar-refractivity contribution in [2.75, 3.05) is 17.7 Å². The predicted molar refractivity (Wildman–Crippen MR) is 75.8 cm³/mol. The highest BCUT2D eigenvalue weighted by atomic mass is 79.9. The molecule has 2 rings (SSSR count). The van der Waals surface area contributed by atoms with E-state index in [0.29, 0.717) is 4.47 Å². The molecule has 0 fully saturated rings. The molecule has 98 valence electrons. The van der Waals surface area contributed by atoms with Gasteiger partial charge in [0.2, 0.25) is 0 Å². The summed E-state index contributed by atoms with van der Waals surface area (Å²) in [5.74, 6) is -0.969. The zero-order valence-electron chi connectivity index (χ0n) is 10.1. The molecule has 0 bridgehead atoms. The molecule has 0 aliphatic carbocycles. The summed E-state index contributed by atoms with van der Waals surface area (Å²) < 4.78 is 14.0. The first-order valence-electron chi connectivity index (χ1n) is 5.51. The summed E-state index contributed by atoms with van der Waals surface area (Å²) in [5, 5.41) is 5.39. The summed E-state index contributed by atoms with van der Waals surface area (Å²) in [6.07, 6.45) is 1.53. The van der Waals surface area contributed by atoms with Crippen molar-refractivity contribution in [3.63, 3.8) is 0 Å². The number of carbonyl (C=O) groups is 1. The lowest BCUT2D eigenvalue weighted by Crippen LogP contribution is -2.15. The number of amides is 1. The van der Waals surface area contributed by atoms with Crippen molar-refractivity contribution in [2.24, 2.45) is 0 Å². The molecule has 0 atom stereocenters. The summed E-state index contributed by atoms with van der Waals surface area (Å²) in [5.41, 5.74) is 1.12. The Balaban J connectivity index is 2.20. The zero-order chi connectivity index (χ0) is 13.8. The van der Waals surface area contributed by atoms with E-state index in [1.807, 2.05) is 0 Å². The van der Waals surface area contributed by atoms with E-state index in [1.165, 1.54) is 12.3 Å². The van der Waals surface area contributed by atoms with Crippen molar-refractivity contribution >= 4 is 33.2 Å². The van der Waals surface area contributed by atoms with Gasteiger partial charge < -0.3 is 10.6 Å². The Morgan fingerprint density at radius 1 is 1.32 bits per heavy atom. The summed E-state index contributed by atoms with van der Waals surface area (Å²) >= 11 is 3.19. The number of halogens is 2. The fourth-order valence-electron chi connectivity index (χ4n) is 1.47. The number of nitrogens with zero attached hydrogens (tertiary/aromatic N) is 1. The molecule has 19 heavy (non-hydrogen) atoms. The molecule has 0 aliphatic heterocycles. The summed E-state index contributed by atoms with van der Waals surface area (Å²) in [4.78, 5) is 15.9. The quantitative estimate of drug-likeness (QED) is 0.911. The smallest absolute Gasteiger partial charge is 0.274 e. The number of anilines is 2. The maximum atomic E-state index is 13.6. The first-order valence-corrected chi connectivity index (χ1v) is 6.30. The third-order valence-electron chi connectivity index (χ3n) is 2.49. The van der Waals surface area contributed by atoms with E-state index in [0.717, 1.165) is 5.69 Å². The van der Waals surface area contributed by atoms with E-state index < -0.39 is 11.7 Å². The topological polar surface area (TPSA) is 54.0 Å². The van der Waals surface area contributed by atoms with Gasteiger partial charge in [-0.2, -0.15) is 0 Å². The number of benzene rings is 1. The molecule has 1 aromatic heterocycles. The van der Waals surface area contributed by atoms with Crippen LogP contribution in [0.2, 0.25) is 0 Å². The molecule has 2 aromatic rings. The number of pyridine rings is 1. The number of rotatable bonds is 3. The maximum Gasteiger partial charge on any atom is 0.274 e. The van der Waals surface area contributed by atoms with Crippen LogP contribution >= 0.6 is 15.9 Å². The van der Waals surface area contributed by atoms with Crippen molar-refractivity contribution in [3.05, 3.63) is 52.5 Å². The summed E-state index contributed by atoms with van der Waals surface area (Å²) in [6.45, 7) is 0. The maximum absolute atomic E-state index is 13.6. The van der Waals surface area contributed by atoms with Gasteiger partial charge in [0, 0.05) is 11.5 Å². The Morgan fingerprint density at radius 3 is 2.68 bits per heavy atom. The molecule has 4 nitrogen and oxygen atoms in total. The van der Waals surface area contributed by atoms with Crippen LogP contribution in [0.3, 0.4) is 0 Å². The van der Waals surface area contributed by atoms with E-state index in [4.69, 9.17) is 0 Å². The zero-order valence-corrected chi connectivity index (χ0v) is 11.7. The van der Waals surface area contributed by atoms with Crippen molar-refractivity contribution in [2.45, 2.75) is 0 Å². The minimum Gasteiger partial charge on any atom is -0.387 e. The molecule has 0 spiro atoms. The van der Waals surface area contributed by atoms with Crippen LogP contribution in [0, 0.1) is 5.82 Å². The number of aromatic nitrogens is 1. The molecule has 1 aromatic carbocycles. The molecule has 0 radical (unpaired) electrons. The van der Waals surface area contributed by atoms with Gasteiger partial charge in [-0.3, -0.25) is 4.79 Å². The molecule has 1 heterocycles. The van der Waals surface area contributed by atoms with Crippen LogP contribution in [0.1, 0.15) is 10.5 Å². The van der Waals surface area contributed by atoms with Crippen LogP contribution in [-0.2, 0) is 0 Å². The van der Waals surface area contributed by atoms with Crippen LogP contribution in [0.4, 0.5) is 15.8 Å². The molecular formula is C13H11BrFN3O. The molecule has 2 N–H and O–H groups in total. The van der Waals surface area contributed by atoms with Crippen LogP contribution in [0.5, 0.6) is 0 Å². The second-order valence-corrected chi connectivity index (χ2v) is 4.59. The second kappa shape index (κ2) is 5.79. The highest BCUT2D eigenvalue weighted by Crippen LogP contribution is 2.25. The van der Waals surface area contributed by atoms with Crippen LogP contribution < -0.4 is 10.6 Å². The lowest BCUT2D eigenvalue weighted by Gasteiger charge is -2.08. The predicted octanol–water partition coefficient (Wildman–Crippen LogP) is 3.28. The fourth-order valence-corrected chi connectivity index (χ4v) is 1.91. The normalized spacial score (nSPS) is 10.1. The number of para-hydroxylation sites is 1. The number of hydrogen-bond acceptors (Lipinski definition) is 3. The lowest BCUT2D eigenvalue weighted by molar-refractivity contribution is 0.102. The summed E-state index contributed by atoms with van der Waals surface area (Å²) in [7, 11) is 1.76. The largest absolute Gasteiger partial charge is 0.387 e. The molecule has 0 unspecified atom stereocenters. The van der Waals surface area contributed by atoms with Gasteiger partial charge in [0.05, 0.1) is 17.6 Å². The van der Waals surface area contributed by atoms with Gasteiger partial charge in [-0.1, -0.05) is 6.07 Å². The molecule has 0 saturated carbocycles. The Bertz CT molecular complexity index is 581. The highest BCUT2D eigenvalue weighted by Gasteiger charge is 2.12. The first kappa shape index (κ1) is 13.5. The molecule has 1 amide bonds. The van der Waals surface area contributed by atoms with E-state index in [-0.39, 0.29) is 11.4 Å². The summed E-state index contributed by atoms with van der Waals surface area (Å²) in [6, 6.07) is 7.76. The van der Waals surface area contributed by atoms with Crippen LogP contribution in [0.25, 0.3) is 0 Å². The van der Waals surface area contributed by atoms with Crippen molar-refractivity contribution in [1.82, 2.24) is 4.98 Å². The Kier molecular flexibility index (Phi) is 4.11. The van der Waals surface area contributed by atoms with Crippen LogP contribution in [-0.4, -0.2) is 17.9 Å². The third kappa shape index (κ3) is 3.08. The monoisotopic (exact) mass is 323 g/mol. The number of nitrogens with one attached hydrogen (secondary N) is 2. The van der Waals surface area contributed by atoms with Crippen LogP contribution in [0.15, 0.2) is 41.0 Å². The number of carbonyl (C=O) groups excluding carboxylic acids is 1. The molecule has 0 saturated heterocycles. The fraction of sp³-hybridized carbons (Fsp3) is 0.0769. The van der Waals surface area contributed by atoms with Gasteiger partial charge in [-0.05, 0) is 40.2 Å². The number of hydrogen-bond donors (Lipinski definition) is 2. The average molecular weight is 324 g/mol. The Hall–Kier alpha value is -1.95. The van der Waals surface area contributed by atoms with Gasteiger partial charge in [0.1, 0.15) is 11.5 Å². The Labute approximate surface area is 118 Å². The average Bonchev–Trinajstić information content (AvgIpc) is 2.43. The van der Waals surface area contributed by atoms with Gasteiger partial charge in [-0.15, -0.1) is 0 Å². The van der Waals surface area contributed by atoms with Gasteiger partial charge in [-0.25, -0.2) is 9.37 Å². The van der Waals surface area contributed by atoms with Crippen molar-refractivity contribution in [1.29, 1.82) is 0 Å². The van der Waals surface area contributed by atoms with Gasteiger partial charge in [0.25, 0.3) is 5.91 Å². The Morgan fingerprint density at radius 2 is 2.11 bits per heavy atom. The minimum atomic E-state index is -0.505. The van der Waals surface area contributed by atoms with E-state index in [2.05, 4.69) is 31.5 Å². The molecule has 6 heteroatoms. The van der Waals surface area contributed by atoms with Gasteiger partial charge in [0.15, 0.2) is 0 Å².